The Balaban J connectivity index is 1.92. The number of nitrogens with one attached hydrogen (secondary N) is 1. The number of para-hydroxylation sites is 1. The summed E-state index contributed by atoms with van der Waals surface area (Å²) < 4.78 is 4.63. The van der Waals surface area contributed by atoms with Crippen LogP contribution in [0.1, 0.15) is 10.4 Å². The number of benzene rings is 2. The molecule has 0 heterocycles. The van der Waals surface area contributed by atoms with Gasteiger partial charge in [-0.2, -0.15) is 0 Å². The molecule has 0 unspecified atom stereocenters. The Bertz CT molecular complexity index is 639. The van der Waals surface area contributed by atoms with Crippen LogP contribution in [0.5, 0.6) is 0 Å². The Labute approximate surface area is 129 Å². The topological polar surface area (TPSA) is 58.6 Å². The van der Waals surface area contributed by atoms with Gasteiger partial charge in [0.2, 0.25) is 5.91 Å². The Hall–Kier alpha value is -2.82. The molecule has 1 amide bonds. The Morgan fingerprint density at radius 3 is 2.27 bits per heavy atom. The summed E-state index contributed by atoms with van der Waals surface area (Å²) in [7, 11) is 3.08. The summed E-state index contributed by atoms with van der Waals surface area (Å²) in [5, 5.41) is 3.04. The van der Waals surface area contributed by atoms with Gasteiger partial charge < -0.3 is 15.0 Å². The summed E-state index contributed by atoms with van der Waals surface area (Å²) >= 11 is 0. The highest BCUT2D eigenvalue weighted by molar-refractivity contribution is 5.95. The van der Waals surface area contributed by atoms with Crippen LogP contribution in [0.15, 0.2) is 54.6 Å². The molecule has 0 radical (unpaired) electrons. The number of amides is 1. The zero-order chi connectivity index (χ0) is 15.9. The summed E-state index contributed by atoms with van der Waals surface area (Å²) in [4.78, 5) is 25.1. The number of rotatable bonds is 5. The first-order chi connectivity index (χ1) is 10.6. The maximum absolute atomic E-state index is 12.1. The molecule has 0 saturated heterocycles. The third-order valence-corrected chi connectivity index (χ3v) is 3.27. The van der Waals surface area contributed by atoms with Crippen LogP contribution < -0.4 is 10.2 Å². The third-order valence-electron chi connectivity index (χ3n) is 3.27. The van der Waals surface area contributed by atoms with Crippen molar-refractivity contribution in [2.24, 2.45) is 0 Å². The number of carbonyl (C=O) groups is 2. The first-order valence-electron chi connectivity index (χ1n) is 6.85. The van der Waals surface area contributed by atoms with Crippen LogP contribution in [0, 0.1) is 0 Å². The van der Waals surface area contributed by atoms with E-state index in [9.17, 15) is 9.59 Å². The first kappa shape index (κ1) is 15.6. The zero-order valence-electron chi connectivity index (χ0n) is 12.6. The lowest BCUT2D eigenvalue weighted by Gasteiger charge is -2.18. The predicted octanol–water partition coefficient (Wildman–Crippen LogP) is 2.55. The molecule has 0 saturated carbocycles. The fraction of sp³-hybridized carbons (Fsp3) is 0.176. The van der Waals surface area contributed by atoms with E-state index in [-0.39, 0.29) is 18.4 Å². The normalized spacial score (nSPS) is 9.91. The van der Waals surface area contributed by atoms with E-state index in [1.54, 1.807) is 36.2 Å². The van der Waals surface area contributed by atoms with E-state index < -0.39 is 0 Å². The zero-order valence-corrected chi connectivity index (χ0v) is 12.6. The van der Waals surface area contributed by atoms with Gasteiger partial charge in [-0.05, 0) is 36.4 Å². The molecule has 2 aromatic rings. The molecule has 0 aliphatic carbocycles. The smallest absolute Gasteiger partial charge is 0.337 e. The lowest BCUT2D eigenvalue weighted by molar-refractivity contribution is -0.116. The summed E-state index contributed by atoms with van der Waals surface area (Å²) in [5.41, 5.74) is 2.08. The summed E-state index contributed by atoms with van der Waals surface area (Å²) in [5.74, 6) is -0.435. The molecule has 0 aliphatic rings. The van der Waals surface area contributed by atoms with Gasteiger partial charge >= 0.3 is 5.97 Å². The average Bonchev–Trinajstić information content (AvgIpc) is 2.59. The molecule has 2 rings (SSSR count). The minimum absolute atomic E-state index is 0.0526. The molecular formula is C17H18N2O3. The van der Waals surface area contributed by atoms with Crippen molar-refractivity contribution < 1.29 is 14.3 Å². The molecule has 0 bridgehead atoms. The third kappa shape index (κ3) is 3.85. The molecule has 0 spiro atoms. The fourth-order valence-electron chi connectivity index (χ4n) is 1.93. The van der Waals surface area contributed by atoms with E-state index >= 15 is 0 Å². The van der Waals surface area contributed by atoms with Gasteiger partial charge in [0.1, 0.15) is 0 Å². The number of anilines is 2. The largest absolute Gasteiger partial charge is 0.465 e. The molecule has 5 heteroatoms. The van der Waals surface area contributed by atoms with E-state index in [1.165, 1.54) is 7.11 Å². The Morgan fingerprint density at radius 2 is 1.68 bits per heavy atom. The van der Waals surface area contributed by atoms with Crippen LogP contribution in [0.3, 0.4) is 0 Å². The van der Waals surface area contributed by atoms with Crippen molar-refractivity contribution in [3.63, 3.8) is 0 Å². The molecule has 0 atom stereocenters. The minimum Gasteiger partial charge on any atom is -0.465 e. The molecule has 22 heavy (non-hydrogen) atoms. The van der Waals surface area contributed by atoms with Gasteiger partial charge in [-0.15, -0.1) is 0 Å². The van der Waals surface area contributed by atoms with Crippen molar-refractivity contribution >= 4 is 23.3 Å². The number of likely N-dealkylation sites (N-methyl/N-ethyl adjacent to an activating group) is 1. The monoisotopic (exact) mass is 298 g/mol. The molecule has 114 valence electrons. The van der Waals surface area contributed by atoms with Crippen molar-refractivity contribution in [1.82, 2.24) is 0 Å². The van der Waals surface area contributed by atoms with E-state index in [4.69, 9.17) is 0 Å². The average molecular weight is 298 g/mol. The molecule has 5 nitrogen and oxygen atoms in total. The standard InChI is InChI=1S/C17H18N2O3/c1-19(15-6-4-3-5-7-15)16(20)12-18-14-10-8-13(9-11-14)17(21)22-2/h3-11,18H,12H2,1-2H3. The highest BCUT2D eigenvalue weighted by Crippen LogP contribution is 2.13. The van der Waals surface area contributed by atoms with Gasteiger partial charge in [-0.1, -0.05) is 18.2 Å². The second-order valence-corrected chi connectivity index (χ2v) is 4.71. The van der Waals surface area contributed by atoms with Gasteiger partial charge in [0.05, 0.1) is 19.2 Å². The van der Waals surface area contributed by atoms with Crippen molar-refractivity contribution in [3.8, 4) is 0 Å². The van der Waals surface area contributed by atoms with Gasteiger partial charge in [0.25, 0.3) is 0 Å². The number of esters is 1. The summed E-state index contributed by atoms with van der Waals surface area (Å²) in [6.45, 7) is 0.170. The van der Waals surface area contributed by atoms with Gasteiger partial charge in [0, 0.05) is 18.4 Å². The van der Waals surface area contributed by atoms with E-state index in [0.29, 0.717) is 5.56 Å². The molecular weight excluding hydrogens is 280 g/mol. The van der Waals surface area contributed by atoms with Gasteiger partial charge in [-0.3, -0.25) is 4.79 Å². The van der Waals surface area contributed by atoms with E-state index in [0.717, 1.165) is 11.4 Å². The number of nitrogens with zero attached hydrogens (tertiary/aromatic N) is 1. The fourth-order valence-corrected chi connectivity index (χ4v) is 1.93. The van der Waals surface area contributed by atoms with Crippen LogP contribution in [-0.2, 0) is 9.53 Å². The van der Waals surface area contributed by atoms with Crippen LogP contribution in [0.4, 0.5) is 11.4 Å². The number of hydrogen-bond donors (Lipinski definition) is 1. The Kier molecular flexibility index (Phi) is 5.14. The highest BCUT2D eigenvalue weighted by atomic mass is 16.5. The van der Waals surface area contributed by atoms with Gasteiger partial charge in [0.15, 0.2) is 0 Å². The first-order valence-corrected chi connectivity index (χ1v) is 6.85. The number of methoxy groups -OCH3 is 1. The van der Waals surface area contributed by atoms with Crippen LogP contribution >= 0.6 is 0 Å². The van der Waals surface area contributed by atoms with E-state index in [1.807, 2.05) is 30.3 Å². The summed E-state index contributed by atoms with van der Waals surface area (Å²) in [6.07, 6.45) is 0. The van der Waals surface area contributed by atoms with Crippen LogP contribution in [0.25, 0.3) is 0 Å². The Morgan fingerprint density at radius 1 is 1.05 bits per heavy atom. The summed E-state index contributed by atoms with van der Waals surface area (Å²) in [6, 6.07) is 16.2. The SMILES string of the molecule is COC(=O)c1ccc(NCC(=O)N(C)c2ccccc2)cc1. The predicted molar refractivity (Wildman–Crippen MR) is 86.1 cm³/mol. The van der Waals surface area contributed by atoms with Crippen molar-refractivity contribution in [1.29, 1.82) is 0 Å². The number of hydrogen-bond acceptors (Lipinski definition) is 4. The van der Waals surface area contributed by atoms with Crippen molar-refractivity contribution in [2.45, 2.75) is 0 Å². The maximum Gasteiger partial charge on any atom is 0.337 e. The van der Waals surface area contributed by atoms with Crippen molar-refractivity contribution in [2.75, 3.05) is 30.9 Å². The quantitative estimate of drug-likeness (QED) is 0.862. The lowest BCUT2D eigenvalue weighted by atomic mass is 10.2. The van der Waals surface area contributed by atoms with Crippen LogP contribution in [-0.4, -0.2) is 32.6 Å². The highest BCUT2D eigenvalue weighted by Gasteiger charge is 2.10. The van der Waals surface area contributed by atoms with Gasteiger partial charge in [-0.25, -0.2) is 4.79 Å². The van der Waals surface area contributed by atoms with E-state index in [2.05, 4.69) is 10.1 Å². The van der Waals surface area contributed by atoms with Crippen LogP contribution in [0.2, 0.25) is 0 Å². The number of ether oxygens (including phenoxy) is 1. The lowest BCUT2D eigenvalue weighted by Crippen LogP contribution is -2.32. The second kappa shape index (κ2) is 7.26. The molecule has 1 N–H and O–H groups in total. The second-order valence-electron chi connectivity index (χ2n) is 4.71. The molecule has 0 fully saturated rings. The molecule has 2 aromatic carbocycles. The minimum atomic E-state index is -0.383. The molecule has 0 aliphatic heterocycles. The molecule has 0 aromatic heterocycles. The number of carbonyl (C=O) groups excluding carboxylic acids is 2. The maximum atomic E-state index is 12.1. The van der Waals surface area contributed by atoms with Crippen molar-refractivity contribution in [3.05, 3.63) is 60.2 Å².